The third-order valence-corrected chi connectivity index (χ3v) is 6.90. The molecule has 218 valence electrons. The van der Waals surface area contributed by atoms with Crippen molar-refractivity contribution in [3.05, 3.63) is 108 Å². The average Bonchev–Trinajstić information content (AvgIpc) is 2.99. The molecule has 8 nitrogen and oxygen atoms in total. The highest BCUT2D eigenvalue weighted by Crippen LogP contribution is 2.29. The van der Waals surface area contributed by atoms with Crippen molar-refractivity contribution in [3.8, 4) is 11.1 Å². The van der Waals surface area contributed by atoms with Gasteiger partial charge in [-0.2, -0.15) is 0 Å². The van der Waals surface area contributed by atoms with Crippen LogP contribution in [0.5, 0.6) is 0 Å². The highest BCUT2D eigenvalue weighted by Gasteiger charge is 2.28. The van der Waals surface area contributed by atoms with Gasteiger partial charge in [0, 0.05) is 13.0 Å². The highest BCUT2D eigenvalue weighted by atomic mass is 16.5. The molecule has 0 spiro atoms. The number of amides is 3. The summed E-state index contributed by atoms with van der Waals surface area (Å²) >= 11 is 0. The molecule has 0 radical (unpaired) electrons. The SMILES string of the molecule is CC(C)CN(CC(O)C(N)=O)C(=O)N[C@@H](Cc1ccc(-c2cccc3ccccc23)cc1)C(=O)OCc1ccccc1. The Hall–Kier alpha value is -4.69. The predicted octanol–water partition coefficient (Wildman–Crippen LogP) is 4.68. The second-order valence-corrected chi connectivity index (χ2v) is 10.7. The van der Waals surface area contributed by atoms with Crippen molar-refractivity contribution in [2.45, 2.75) is 39.0 Å². The molecule has 4 aromatic carbocycles. The van der Waals surface area contributed by atoms with Gasteiger partial charge in [-0.15, -0.1) is 0 Å². The highest BCUT2D eigenvalue weighted by molar-refractivity contribution is 5.96. The fourth-order valence-corrected chi connectivity index (χ4v) is 4.78. The summed E-state index contributed by atoms with van der Waals surface area (Å²) in [6.07, 6.45) is -1.34. The summed E-state index contributed by atoms with van der Waals surface area (Å²) in [5.74, 6) is -1.48. The number of benzene rings is 4. The molecule has 4 rings (SSSR count). The molecule has 0 aliphatic rings. The zero-order chi connectivity index (χ0) is 30.1. The van der Waals surface area contributed by atoms with Crippen LogP contribution in [0.25, 0.3) is 21.9 Å². The maximum atomic E-state index is 13.3. The molecule has 4 aromatic rings. The van der Waals surface area contributed by atoms with Gasteiger partial charge in [0.25, 0.3) is 0 Å². The lowest BCUT2D eigenvalue weighted by Gasteiger charge is -2.28. The number of fused-ring (bicyclic) bond motifs is 1. The summed E-state index contributed by atoms with van der Waals surface area (Å²) in [5, 5.41) is 15.1. The van der Waals surface area contributed by atoms with Crippen LogP contribution in [0.15, 0.2) is 97.1 Å². The van der Waals surface area contributed by atoms with Crippen LogP contribution < -0.4 is 11.1 Å². The van der Waals surface area contributed by atoms with Gasteiger partial charge in [-0.05, 0) is 38.9 Å². The van der Waals surface area contributed by atoms with Crippen molar-refractivity contribution in [1.29, 1.82) is 0 Å². The molecule has 4 N–H and O–H groups in total. The molecule has 0 aliphatic carbocycles. The topological polar surface area (TPSA) is 122 Å². The van der Waals surface area contributed by atoms with E-state index in [9.17, 15) is 19.5 Å². The van der Waals surface area contributed by atoms with Gasteiger partial charge in [0.1, 0.15) is 18.8 Å². The number of hydrogen-bond donors (Lipinski definition) is 3. The van der Waals surface area contributed by atoms with Gasteiger partial charge in [0.15, 0.2) is 0 Å². The van der Waals surface area contributed by atoms with Crippen LogP contribution in [0.1, 0.15) is 25.0 Å². The maximum absolute atomic E-state index is 13.3. The Bertz CT molecular complexity index is 1500. The van der Waals surface area contributed by atoms with E-state index in [-0.39, 0.29) is 32.0 Å². The number of primary amides is 1. The number of carbonyl (C=O) groups excluding carboxylic acids is 3. The van der Waals surface area contributed by atoms with Crippen molar-refractivity contribution in [2.24, 2.45) is 11.7 Å². The number of nitrogens with one attached hydrogen (secondary N) is 1. The summed E-state index contributed by atoms with van der Waals surface area (Å²) < 4.78 is 5.59. The Labute approximate surface area is 246 Å². The first-order chi connectivity index (χ1) is 20.2. The molecule has 2 atom stereocenters. The first-order valence-corrected chi connectivity index (χ1v) is 14.0. The van der Waals surface area contributed by atoms with Crippen LogP contribution in [0.4, 0.5) is 4.79 Å². The second-order valence-electron chi connectivity index (χ2n) is 10.7. The molecule has 0 saturated carbocycles. The number of esters is 1. The van der Waals surface area contributed by atoms with Crippen LogP contribution in [0.3, 0.4) is 0 Å². The third-order valence-electron chi connectivity index (χ3n) is 6.90. The van der Waals surface area contributed by atoms with E-state index >= 15 is 0 Å². The average molecular weight is 568 g/mol. The molecular formula is C34H37N3O5. The summed E-state index contributed by atoms with van der Waals surface area (Å²) in [6.45, 7) is 3.83. The van der Waals surface area contributed by atoms with Gasteiger partial charge in [-0.3, -0.25) is 4.79 Å². The van der Waals surface area contributed by atoms with Crippen molar-refractivity contribution >= 4 is 28.7 Å². The molecule has 42 heavy (non-hydrogen) atoms. The van der Waals surface area contributed by atoms with Crippen LogP contribution in [-0.4, -0.2) is 53.1 Å². The lowest BCUT2D eigenvalue weighted by Crippen LogP contribution is -2.53. The van der Waals surface area contributed by atoms with E-state index in [0.717, 1.165) is 33.0 Å². The monoisotopic (exact) mass is 567 g/mol. The molecule has 0 aromatic heterocycles. The fourth-order valence-electron chi connectivity index (χ4n) is 4.78. The van der Waals surface area contributed by atoms with Crippen LogP contribution >= 0.6 is 0 Å². The second kappa shape index (κ2) is 14.3. The van der Waals surface area contributed by atoms with Gasteiger partial charge < -0.3 is 25.8 Å². The molecule has 8 heteroatoms. The zero-order valence-corrected chi connectivity index (χ0v) is 23.9. The smallest absolute Gasteiger partial charge is 0.329 e. The molecule has 1 unspecified atom stereocenters. The Morgan fingerprint density at radius 2 is 1.50 bits per heavy atom. The van der Waals surface area contributed by atoms with Crippen molar-refractivity contribution in [3.63, 3.8) is 0 Å². The van der Waals surface area contributed by atoms with Crippen LogP contribution in [0, 0.1) is 5.92 Å². The Kier molecular flexibility index (Phi) is 10.3. The normalized spacial score (nSPS) is 12.5. The van der Waals surface area contributed by atoms with Crippen LogP contribution in [0.2, 0.25) is 0 Å². The molecule has 0 saturated heterocycles. The number of carbonyl (C=O) groups is 3. The van der Waals surface area contributed by atoms with E-state index in [4.69, 9.17) is 10.5 Å². The number of aliphatic hydroxyl groups is 1. The van der Waals surface area contributed by atoms with Crippen molar-refractivity contribution in [1.82, 2.24) is 10.2 Å². The summed E-state index contributed by atoms with van der Waals surface area (Å²) in [6, 6.07) is 29.9. The van der Waals surface area contributed by atoms with Crippen LogP contribution in [-0.2, 0) is 27.4 Å². The third kappa shape index (κ3) is 8.17. The summed E-state index contributed by atoms with van der Waals surface area (Å²) in [7, 11) is 0. The first kappa shape index (κ1) is 30.3. The summed E-state index contributed by atoms with van der Waals surface area (Å²) in [5.41, 5.74) is 9.01. The predicted molar refractivity (Wildman–Crippen MR) is 163 cm³/mol. The number of nitrogens with zero attached hydrogens (tertiary/aromatic N) is 1. The molecule has 0 bridgehead atoms. The van der Waals surface area contributed by atoms with E-state index in [1.54, 1.807) is 0 Å². The van der Waals surface area contributed by atoms with Gasteiger partial charge in [0.2, 0.25) is 5.91 Å². The van der Waals surface area contributed by atoms with Crippen molar-refractivity contribution in [2.75, 3.05) is 13.1 Å². The van der Waals surface area contributed by atoms with Gasteiger partial charge in [-0.25, -0.2) is 9.59 Å². The Balaban J connectivity index is 1.54. The van der Waals surface area contributed by atoms with Gasteiger partial charge in [0.05, 0.1) is 6.54 Å². The number of ether oxygens (including phenoxy) is 1. The van der Waals surface area contributed by atoms with Crippen molar-refractivity contribution < 1.29 is 24.2 Å². The minimum Gasteiger partial charge on any atom is -0.459 e. The Morgan fingerprint density at radius 3 is 2.19 bits per heavy atom. The molecule has 0 aliphatic heterocycles. The first-order valence-electron chi connectivity index (χ1n) is 14.0. The number of urea groups is 1. The standard InChI is InChI=1S/C34H37N3O5/c1-23(2)20-37(21-31(38)32(35)39)34(41)36-30(33(40)42-22-25-9-4-3-5-10-25)19-24-15-17-27(18-16-24)29-14-8-12-26-11-6-7-13-28(26)29/h3-18,23,30-31,38H,19-22H2,1-2H3,(H2,35,39)(H,36,41)/t30-,31?/m0/s1. The lowest BCUT2D eigenvalue weighted by molar-refractivity contribution is -0.147. The largest absolute Gasteiger partial charge is 0.459 e. The van der Waals surface area contributed by atoms with E-state index in [0.29, 0.717) is 0 Å². The minimum absolute atomic E-state index is 0.0425. The zero-order valence-electron chi connectivity index (χ0n) is 23.9. The number of rotatable bonds is 12. The van der Waals surface area contributed by atoms with E-state index in [2.05, 4.69) is 29.6 Å². The molecule has 3 amide bonds. The number of aliphatic hydroxyl groups excluding tert-OH is 1. The quantitative estimate of drug-likeness (QED) is 0.215. The summed E-state index contributed by atoms with van der Waals surface area (Å²) in [4.78, 5) is 39.4. The maximum Gasteiger partial charge on any atom is 0.329 e. The number of nitrogens with two attached hydrogens (primary N) is 1. The molecule has 0 fully saturated rings. The Morgan fingerprint density at radius 1 is 0.833 bits per heavy atom. The molecule has 0 heterocycles. The lowest BCUT2D eigenvalue weighted by atomic mass is 9.96. The minimum atomic E-state index is -1.53. The van der Waals surface area contributed by atoms with E-state index in [1.807, 2.05) is 86.6 Å². The van der Waals surface area contributed by atoms with Gasteiger partial charge >= 0.3 is 12.0 Å². The number of hydrogen-bond acceptors (Lipinski definition) is 5. The molecular weight excluding hydrogens is 530 g/mol. The van der Waals surface area contributed by atoms with Gasteiger partial charge in [-0.1, -0.05) is 111 Å². The van der Waals surface area contributed by atoms with E-state index in [1.165, 1.54) is 4.90 Å². The fraction of sp³-hybridized carbons (Fsp3) is 0.265. The van der Waals surface area contributed by atoms with E-state index < -0.39 is 30.1 Å².